The standard InChI is InChI=1S/C59H79N9O9S/c1-35-28-75-51(35)52(69)62-48-50(66-30-58(31-66)33-73-34-58)53-61-45(29-78-53)38-8-11-46-42(20-38)44(25-56(3,4)32-76-55(71)59-22-37(23-59)27-68(63-59)54(48)70)49(67(46)17-19-74-41-12-18-77-57(5,6)24-41)43-21-40(26-60-47(43)36(2)72-7)65-15-13-64(14-16-65)39-9-10-39/h8,11,20-21,26,29,35-37,39,41,48,50-51,63H,9-10,12-19,22-25,27-28,30-34H2,1-7H3,(H,62,69)/t35-,36-,37?,41-,48-,50-,51-,59?/m0/s1. The number of thiazole rings is 1. The third kappa shape index (κ3) is 9.77. The Balaban J connectivity index is 0.956. The van der Waals surface area contributed by atoms with Crippen molar-refractivity contribution in [3.05, 3.63) is 52.1 Å². The van der Waals surface area contributed by atoms with Gasteiger partial charge in [-0.3, -0.25) is 29.4 Å². The van der Waals surface area contributed by atoms with Gasteiger partial charge in [0.2, 0.25) is 5.91 Å². The van der Waals surface area contributed by atoms with Gasteiger partial charge in [-0.05, 0) is 89.0 Å². The lowest BCUT2D eigenvalue weighted by molar-refractivity contribution is -0.204. The average Bonchev–Trinajstić information content (AvgIpc) is 4.16. The van der Waals surface area contributed by atoms with Crippen molar-refractivity contribution in [3.63, 3.8) is 0 Å². The van der Waals surface area contributed by atoms with Gasteiger partial charge in [-0.1, -0.05) is 26.8 Å². The number of nitrogens with zero attached hydrogens (tertiary/aromatic N) is 7. The smallest absolute Gasteiger partial charge is 0.328 e. The Labute approximate surface area is 462 Å². The van der Waals surface area contributed by atoms with Gasteiger partial charge in [-0.2, -0.15) is 0 Å². The monoisotopic (exact) mass is 1090 g/mol. The number of likely N-dealkylation sites (tertiary alicyclic amines) is 1. The van der Waals surface area contributed by atoms with Crippen molar-refractivity contribution in [2.75, 3.05) is 97.5 Å². The lowest BCUT2D eigenvalue weighted by Gasteiger charge is -2.58. The maximum Gasteiger partial charge on any atom is 0.328 e. The normalized spacial score (nSPS) is 31.1. The molecule has 14 rings (SSSR count). The Bertz CT molecular complexity index is 2950. The molecule has 8 aliphatic heterocycles. The molecular formula is C59H79N9O9S. The van der Waals surface area contributed by atoms with E-state index in [9.17, 15) is 9.59 Å². The molecule has 7 bridgehead atoms. The summed E-state index contributed by atoms with van der Waals surface area (Å²) in [6.45, 7) is 22.1. The zero-order valence-corrected chi connectivity index (χ0v) is 47.5. The number of nitrogens with one attached hydrogen (secondary N) is 2. The predicted molar refractivity (Wildman–Crippen MR) is 295 cm³/mol. The summed E-state index contributed by atoms with van der Waals surface area (Å²) in [7, 11) is 1.75. The number of benzene rings is 1. The highest BCUT2D eigenvalue weighted by atomic mass is 32.1. The minimum atomic E-state index is -1.08. The molecule has 2 spiro atoms. The predicted octanol–water partition coefficient (Wildman–Crippen LogP) is 6.31. The van der Waals surface area contributed by atoms with Gasteiger partial charge in [0.25, 0.3) is 5.91 Å². The second-order valence-electron chi connectivity index (χ2n) is 26.0. The molecule has 4 aromatic rings. The number of piperazine rings is 1. The van der Waals surface area contributed by atoms with Crippen LogP contribution in [0.25, 0.3) is 33.4 Å². The first-order chi connectivity index (χ1) is 37.5. The number of methoxy groups -OCH3 is 1. The minimum Gasteiger partial charge on any atom is -0.464 e. The van der Waals surface area contributed by atoms with Gasteiger partial charge in [0, 0.05) is 123 Å². The average molecular weight is 1090 g/mol. The van der Waals surface area contributed by atoms with Crippen LogP contribution in [0.1, 0.15) is 108 Å². The molecule has 3 aromatic heterocycles. The number of hydrogen-bond donors (Lipinski definition) is 2. The van der Waals surface area contributed by atoms with Crippen molar-refractivity contribution in [2.24, 2.45) is 22.7 Å². The van der Waals surface area contributed by atoms with Crippen LogP contribution in [0, 0.1) is 22.7 Å². The summed E-state index contributed by atoms with van der Waals surface area (Å²) in [5.41, 5.74) is 9.42. The largest absolute Gasteiger partial charge is 0.464 e. The number of esters is 1. The number of fused-ring (bicyclic) bond motifs is 4. The van der Waals surface area contributed by atoms with Gasteiger partial charge in [-0.25, -0.2) is 15.2 Å². The number of hydrazine groups is 1. The van der Waals surface area contributed by atoms with Crippen LogP contribution in [-0.2, 0) is 55.8 Å². The molecule has 0 unspecified atom stereocenters. The van der Waals surface area contributed by atoms with Gasteiger partial charge in [-0.15, -0.1) is 11.3 Å². The van der Waals surface area contributed by atoms with Crippen LogP contribution in [0.3, 0.4) is 0 Å². The quantitative estimate of drug-likeness (QED) is 0.151. The van der Waals surface area contributed by atoms with Crippen LogP contribution < -0.4 is 15.6 Å². The molecule has 11 heterocycles. The summed E-state index contributed by atoms with van der Waals surface area (Å²) in [5.74, 6) is -0.897. The van der Waals surface area contributed by atoms with Crippen LogP contribution in [-0.4, -0.2) is 175 Å². The number of carbonyl (C=O) groups is 3. The maximum atomic E-state index is 15.4. The van der Waals surface area contributed by atoms with Crippen LogP contribution in [0.15, 0.2) is 35.8 Å². The van der Waals surface area contributed by atoms with Crippen molar-refractivity contribution < 1.29 is 42.8 Å². The van der Waals surface area contributed by atoms with Gasteiger partial charge in [0.1, 0.15) is 22.7 Å². The van der Waals surface area contributed by atoms with E-state index in [1.807, 2.05) is 13.1 Å². The van der Waals surface area contributed by atoms with E-state index in [1.54, 1.807) is 12.1 Å². The van der Waals surface area contributed by atoms with Crippen LogP contribution in [0.2, 0.25) is 0 Å². The number of aromatic nitrogens is 3. The Hall–Kier alpha value is -4.57. The first-order valence-corrected chi connectivity index (χ1v) is 29.7. The van der Waals surface area contributed by atoms with E-state index >= 15 is 4.79 Å². The van der Waals surface area contributed by atoms with E-state index in [0.29, 0.717) is 78.5 Å². The Morgan fingerprint density at radius 3 is 2.49 bits per heavy atom. The third-order valence-corrected chi connectivity index (χ3v) is 19.6. The van der Waals surface area contributed by atoms with E-state index in [-0.39, 0.29) is 59.5 Å². The molecule has 1 aromatic carbocycles. The van der Waals surface area contributed by atoms with Crippen molar-refractivity contribution in [1.29, 1.82) is 0 Å². The summed E-state index contributed by atoms with van der Waals surface area (Å²) in [4.78, 5) is 62.5. The van der Waals surface area contributed by atoms with Gasteiger partial charge >= 0.3 is 5.97 Å². The third-order valence-electron chi connectivity index (χ3n) is 18.7. The Morgan fingerprint density at radius 1 is 1.00 bits per heavy atom. The molecular weight excluding hydrogens is 1010 g/mol. The second-order valence-corrected chi connectivity index (χ2v) is 26.9. The second kappa shape index (κ2) is 20.1. The molecule has 2 saturated carbocycles. The Morgan fingerprint density at radius 2 is 1.79 bits per heavy atom. The number of anilines is 1. The number of ether oxygens (including phenoxy) is 6. The van der Waals surface area contributed by atoms with Crippen LogP contribution in [0.5, 0.6) is 0 Å². The zero-order valence-electron chi connectivity index (χ0n) is 46.6. The summed E-state index contributed by atoms with van der Waals surface area (Å²) in [6.07, 6.45) is 7.04. The molecule has 78 heavy (non-hydrogen) atoms. The Kier molecular flexibility index (Phi) is 13.6. The molecule has 420 valence electrons. The highest BCUT2D eigenvalue weighted by Gasteiger charge is 2.60. The molecule has 19 heteroatoms. The van der Waals surface area contributed by atoms with E-state index in [0.717, 1.165) is 100 Å². The molecule has 2 amide bonds. The van der Waals surface area contributed by atoms with Gasteiger partial charge < -0.3 is 43.2 Å². The van der Waals surface area contributed by atoms with E-state index < -0.39 is 29.1 Å². The molecule has 7 saturated heterocycles. The summed E-state index contributed by atoms with van der Waals surface area (Å²) in [5, 5.41) is 8.69. The molecule has 10 aliphatic rings. The fourth-order valence-corrected chi connectivity index (χ4v) is 15.0. The summed E-state index contributed by atoms with van der Waals surface area (Å²) in [6, 6.07) is 8.09. The first-order valence-electron chi connectivity index (χ1n) is 28.9. The number of hydrogen-bond acceptors (Lipinski definition) is 16. The van der Waals surface area contributed by atoms with E-state index in [2.05, 4.69) is 94.3 Å². The van der Waals surface area contributed by atoms with Crippen molar-refractivity contribution in [3.8, 4) is 22.5 Å². The number of rotatable bonds is 12. The molecule has 9 fully saturated rings. The molecule has 0 radical (unpaired) electrons. The number of cyclic esters (lactones) is 1. The minimum absolute atomic E-state index is 0.00162. The molecule has 18 nitrogen and oxygen atoms in total. The number of amides is 2. The SMILES string of the molecule is CO[C@@H](C)c1ncc(N2CCN(C3CC3)CC2)cc1-c1c2c3cc(ccc3n1CCO[C@H]1CCOC(C)(C)C1)-c1csc(n1)[C@@H](N1CC3(COC3)C1)[C@H](NC(=O)[C@H]1OC[C@@H]1C)C(=O)N1CC3CC(C3)(N1)C(=O)OCC(C)(C)C2. The molecule has 2 N–H and O–H groups in total. The topological polar surface area (TPSA) is 174 Å². The maximum absolute atomic E-state index is 15.4. The lowest BCUT2D eigenvalue weighted by Crippen LogP contribution is -2.76. The van der Waals surface area contributed by atoms with Gasteiger partial charge in [0.05, 0.1) is 85.9 Å². The van der Waals surface area contributed by atoms with E-state index in [4.69, 9.17) is 38.4 Å². The van der Waals surface area contributed by atoms with E-state index in [1.165, 1.54) is 24.2 Å². The summed E-state index contributed by atoms with van der Waals surface area (Å²) < 4.78 is 39.5. The highest BCUT2D eigenvalue weighted by Crippen LogP contribution is 2.49. The van der Waals surface area contributed by atoms with Gasteiger partial charge in [0.15, 0.2) is 0 Å². The fraction of sp³-hybridized carbons (Fsp3) is 0.678. The summed E-state index contributed by atoms with van der Waals surface area (Å²) >= 11 is 1.51. The first kappa shape index (κ1) is 52.8. The molecule has 6 atom stereocenters. The van der Waals surface area contributed by atoms with Crippen LogP contribution in [0.4, 0.5) is 5.69 Å². The van der Waals surface area contributed by atoms with Crippen molar-refractivity contribution in [2.45, 2.75) is 141 Å². The van der Waals surface area contributed by atoms with Crippen molar-refractivity contribution >= 4 is 45.7 Å². The zero-order chi connectivity index (χ0) is 53.9. The lowest BCUT2D eigenvalue weighted by atomic mass is 9.66. The van der Waals surface area contributed by atoms with Crippen molar-refractivity contribution in [1.82, 2.24) is 40.1 Å². The number of pyridine rings is 1. The number of carbonyl (C=O) groups excluding carboxylic acids is 3. The van der Waals surface area contributed by atoms with Crippen LogP contribution >= 0.6 is 11.3 Å². The highest BCUT2D eigenvalue weighted by molar-refractivity contribution is 7.10. The fourth-order valence-electron chi connectivity index (χ4n) is 14.0. The molecule has 2 aliphatic carbocycles.